The molecular formula is C11H14O4. The topological polar surface area (TPSA) is 44.8 Å². The van der Waals surface area contributed by atoms with Crippen molar-refractivity contribution in [2.75, 3.05) is 21.3 Å². The zero-order valence-corrected chi connectivity index (χ0v) is 9.02. The van der Waals surface area contributed by atoms with Crippen LogP contribution in [0.5, 0.6) is 11.5 Å². The van der Waals surface area contributed by atoms with Crippen LogP contribution in [0.4, 0.5) is 0 Å². The Morgan fingerprint density at radius 2 is 1.80 bits per heavy atom. The average molecular weight is 210 g/mol. The maximum Gasteiger partial charge on any atom is 0.161 e. The molecule has 4 heteroatoms. The number of rotatable bonds is 5. The minimum Gasteiger partial charge on any atom is -0.493 e. The molecule has 0 heterocycles. The van der Waals surface area contributed by atoms with Crippen LogP contribution >= 0.6 is 0 Å². The van der Waals surface area contributed by atoms with E-state index in [1.165, 1.54) is 7.11 Å². The van der Waals surface area contributed by atoms with Crippen LogP contribution in [0.1, 0.15) is 11.7 Å². The molecule has 1 aromatic carbocycles. The van der Waals surface area contributed by atoms with Gasteiger partial charge in [-0.15, -0.1) is 0 Å². The SMILES string of the molecule is COc1ccc([C@@H](C=O)OC)cc1OC. The summed E-state index contributed by atoms with van der Waals surface area (Å²) in [6, 6.07) is 5.23. The van der Waals surface area contributed by atoms with Gasteiger partial charge in [-0.25, -0.2) is 0 Å². The van der Waals surface area contributed by atoms with Crippen molar-refractivity contribution in [3.05, 3.63) is 23.8 Å². The molecule has 0 aliphatic rings. The highest BCUT2D eigenvalue weighted by Gasteiger charge is 2.12. The number of hydrogen-bond acceptors (Lipinski definition) is 4. The lowest BCUT2D eigenvalue weighted by atomic mass is 10.1. The molecule has 0 saturated heterocycles. The molecule has 82 valence electrons. The van der Waals surface area contributed by atoms with E-state index in [0.717, 1.165) is 11.8 Å². The standard InChI is InChI=1S/C11H14O4/c1-13-9-5-4-8(6-10(9)14-2)11(7-12)15-3/h4-7,11H,1-3H3/t11-/m1/s1. The van der Waals surface area contributed by atoms with Crippen LogP contribution in [0, 0.1) is 0 Å². The molecule has 0 aliphatic heterocycles. The molecule has 15 heavy (non-hydrogen) atoms. The fourth-order valence-corrected chi connectivity index (χ4v) is 1.30. The zero-order chi connectivity index (χ0) is 11.3. The molecule has 0 aliphatic carbocycles. The number of ether oxygens (including phenoxy) is 3. The van der Waals surface area contributed by atoms with E-state index < -0.39 is 6.10 Å². The quantitative estimate of drug-likeness (QED) is 0.692. The highest BCUT2D eigenvalue weighted by atomic mass is 16.5. The Hall–Kier alpha value is -1.55. The first-order valence-corrected chi connectivity index (χ1v) is 4.46. The van der Waals surface area contributed by atoms with Crippen LogP contribution in [0.15, 0.2) is 18.2 Å². The summed E-state index contributed by atoms with van der Waals surface area (Å²) in [7, 11) is 4.59. The van der Waals surface area contributed by atoms with Gasteiger partial charge in [0.2, 0.25) is 0 Å². The number of hydrogen-bond donors (Lipinski definition) is 0. The predicted octanol–water partition coefficient (Wildman–Crippen LogP) is 1.59. The van der Waals surface area contributed by atoms with Gasteiger partial charge in [-0.3, -0.25) is 0 Å². The number of aldehydes is 1. The van der Waals surface area contributed by atoms with E-state index >= 15 is 0 Å². The molecule has 0 fully saturated rings. The summed E-state index contributed by atoms with van der Waals surface area (Å²) >= 11 is 0. The first-order chi connectivity index (χ1) is 7.26. The molecule has 1 aromatic rings. The second-order valence-electron chi connectivity index (χ2n) is 2.91. The molecule has 1 rings (SSSR count). The third-order valence-corrected chi connectivity index (χ3v) is 2.11. The summed E-state index contributed by atoms with van der Waals surface area (Å²) in [4.78, 5) is 10.7. The van der Waals surface area contributed by atoms with Crippen molar-refractivity contribution in [3.63, 3.8) is 0 Å². The van der Waals surface area contributed by atoms with Gasteiger partial charge in [0, 0.05) is 7.11 Å². The first-order valence-electron chi connectivity index (χ1n) is 4.46. The fourth-order valence-electron chi connectivity index (χ4n) is 1.30. The molecule has 0 radical (unpaired) electrons. The van der Waals surface area contributed by atoms with Crippen molar-refractivity contribution in [2.45, 2.75) is 6.10 Å². The van der Waals surface area contributed by atoms with Gasteiger partial charge in [-0.05, 0) is 17.7 Å². The molecule has 0 unspecified atom stereocenters. The fraction of sp³-hybridized carbons (Fsp3) is 0.364. The molecule has 1 atom stereocenters. The van der Waals surface area contributed by atoms with Crippen LogP contribution < -0.4 is 9.47 Å². The second-order valence-corrected chi connectivity index (χ2v) is 2.91. The Balaban J connectivity index is 3.06. The molecule has 4 nitrogen and oxygen atoms in total. The van der Waals surface area contributed by atoms with Gasteiger partial charge in [0.25, 0.3) is 0 Å². The van der Waals surface area contributed by atoms with Crippen LogP contribution in [0.2, 0.25) is 0 Å². The van der Waals surface area contributed by atoms with Crippen molar-refractivity contribution in [1.82, 2.24) is 0 Å². The maximum atomic E-state index is 10.7. The maximum absolute atomic E-state index is 10.7. The molecule has 0 bridgehead atoms. The van der Waals surface area contributed by atoms with Gasteiger partial charge >= 0.3 is 0 Å². The Kier molecular flexibility index (Phi) is 4.12. The Morgan fingerprint density at radius 1 is 1.13 bits per heavy atom. The number of carbonyl (C=O) groups excluding carboxylic acids is 1. The molecule has 0 spiro atoms. The summed E-state index contributed by atoms with van der Waals surface area (Å²) in [5.74, 6) is 1.21. The van der Waals surface area contributed by atoms with E-state index in [2.05, 4.69) is 0 Å². The van der Waals surface area contributed by atoms with Crippen LogP contribution in [0.3, 0.4) is 0 Å². The van der Waals surface area contributed by atoms with Crippen molar-refractivity contribution >= 4 is 6.29 Å². The normalized spacial score (nSPS) is 11.9. The Bertz CT molecular complexity index is 335. The lowest BCUT2D eigenvalue weighted by Crippen LogP contribution is -2.03. The largest absolute Gasteiger partial charge is 0.493 e. The van der Waals surface area contributed by atoms with Crippen molar-refractivity contribution in [1.29, 1.82) is 0 Å². The van der Waals surface area contributed by atoms with E-state index in [-0.39, 0.29) is 0 Å². The van der Waals surface area contributed by atoms with Gasteiger partial charge in [0.05, 0.1) is 14.2 Å². The zero-order valence-electron chi connectivity index (χ0n) is 9.02. The van der Waals surface area contributed by atoms with Crippen molar-refractivity contribution < 1.29 is 19.0 Å². The number of carbonyl (C=O) groups is 1. The van der Waals surface area contributed by atoms with E-state index in [0.29, 0.717) is 11.5 Å². The molecule has 0 amide bonds. The van der Waals surface area contributed by atoms with Crippen molar-refractivity contribution in [3.8, 4) is 11.5 Å². The van der Waals surface area contributed by atoms with Gasteiger partial charge in [-0.2, -0.15) is 0 Å². The van der Waals surface area contributed by atoms with E-state index in [4.69, 9.17) is 14.2 Å². The van der Waals surface area contributed by atoms with E-state index in [9.17, 15) is 4.79 Å². The minimum atomic E-state index is -0.565. The van der Waals surface area contributed by atoms with E-state index in [1.807, 2.05) is 0 Å². The Morgan fingerprint density at radius 3 is 2.27 bits per heavy atom. The second kappa shape index (κ2) is 5.36. The molecule has 0 aromatic heterocycles. The third-order valence-electron chi connectivity index (χ3n) is 2.11. The lowest BCUT2D eigenvalue weighted by molar-refractivity contribution is -0.116. The van der Waals surface area contributed by atoms with Crippen LogP contribution in [-0.2, 0) is 9.53 Å². The van der Waals surface area contributed by atoms with Crippen molar-refractivity contribution in [2.24, 2.45) is 0 Å². The summed E-state index contributed by atoms with van der Waals surface area (Å²) < 4.78 is 15.2. The molecule has 0 N–H and O–H groups in total. The summed E-state index contributed by atoms with van der Waals surface area (Å²) in [6.07, 6.45) is 0.172. The van der Waals surface area contributed by atoms with E-state index in [1.54, 1.807) is 32.4 Å². The van der Waals surface area contributed by atoms with Gasteiger partial charge in [0.15, 0.2) is 17.8 Å². The molecule has 0 saturated carbocycles. The average Bonchev–Trinajstić information content (AvgIpc) is 2.30. The van der Waals surface area contributed by atoms with Crippen LogP contribution in [-0.4, -0.2) is 27.6 Å². The lowest BCUT2D eigenvalue weighted by Gasteiger charge is -2.12. The highest BCUT2D eigenvalue weighted by molar-refractivity contribution is 5.61. The van der Waals surface area contributed by atoms with Gasteiger partial charge < -0.3 is 19.0 Å². The van der Waals surface area contributed by atoms with Gasteiger partial charge in [-0.1, -0.05) is 6.07 Å². The summed E-state index contributed by atoms with van der Waals surface area (Å²) in [5.41, 5.74) is 0.741. The Labute approximate surface area is 88.8 Å². The third kappa shape index (κ3) is 2.47. The van der Waals surface area contributed by atoms with Crippen LogP contribution in [0.25, 0.3) is 0 Å². The van der Waals surface area contributed by atoms with Gasteiger partial charge in [0.1, 0.15) is 6.10 Å². The highest BCUT2D eigenvalue weighted by Crippen LogP contribution is 2.30. The minimum absolute atomic E-state index is 0.565. The number of benzene rings is 1. The smallest absolute Gasteiger partial charge is 0.161 e. The number of methoxy groups -OCH3 is 3. The first kappa shape index (κ1) is 11.5. The summed E-state index contributed by atoms with van der Waals surface area (Å²) in [6.45, 7) is 0. The molecular weight excluding hydrogens is 196 g/mol. The summed E-state index contributed by atoms with van der Waals surface area (Å²) in [5, 5.41) is 0. The monoisotopic (exact) mass is 210 g/mol. The predicted molar refractivity (Wildman–Crippen MR) is 55.4 cm³/mol.